The van der Waals surface area contributed by atoms with E-state index in [1.54, 1.807) is 0 Å². The number of benzene rings is 2. The molecule has 29 heavy (non-hydrogen) atoms. The number of amides is 1. The molecule has 2 aromatic carbocycles. The molecule has 152 valence electrons. The van der Waals surface area contributed by atoms with E-state index in [1.165, 1.54) is 31.2 Å². The van der Waals surface area contributed by atoms with Gasteiger partial charge in [-0.15, -0.1) is 0 Å². The van der Waals surface area contributed by atoms with Crippen molar-refractivity contribution in [1.82, 2.24) is 9.55 Å². The van der Waals surface area contributed by atoms with Crippen LogP contribution in [0.3, 0.4) is 0 Å². The zero-order valence-electron chi connectivity index (χ0n) is 17.6. The molecule has 0 aliphatic carbocycles. The van der Waals surface area contributed by atoms with Crippen LogP contribution >= 0.6 is 0 Å². The van der Waals surface area contributed by atoms with E-state index in [0.717, 1.165) is 35.6 Å². The topological polar surface area (TPSA) is 38.1 Å². The van der Waals surface area contributed by atoms with Gasteiger partial charge in [-0.3, -0.25) is 4.79 Å². The van der Waals surface area contributed by atoms with Gasteiger partial charge in [0.25, 0.3) is 0 Å². The maximum Gasteiger partial charge on any atom is 0.227 e. The molecule has 4 heteroatoms. The van der Waals surface area contributed by atoms with Crippen LogP contribution < -0.4 is 4.90 Å². The Morgan fingerprint density at radius 1 is 1.00 bits per heavy atom. The summed E-state index contributed by atoms with van der Waals surface area (Å²) < 4.78 is 2.38. The highest BCUT2D eigenvalue weighted by Crippen LogP contribution is 2.34. The van der Waals surface area contributed by atoms with Crippen molar-refractivity contribution in [2.45, 2.75) is 64.8 Å². The minimum absolute atomic E-state index is 0.144. The van der Waals surface area contributed by atoms with E-state index in [4.69, 9.17) is 4.98 Å². The number of imidazole rings is 1. The molecule has 0 unspecified atom stereocenters. The van der Waals surface area contributed by atoms with E-state index in [9.17, 15) is 4.79 Å². The summed E-state index contributed by atoms with van der Waals surface area (Å²) in [5, 5.41) is 0. The molecule has 0 spiro atoms. The Labute approximate surface area is 173 Å². The van der Waals surface area contributed by atoms with Crippen molar-refractivity contribution in [3.05, 3.63) is 59.9 Å². The Morgan fingerprint density at radius 2 is 1.76 bits per heavy atom. The molecular weight excluding hydrogens is 358 g/mol. The number of unbranched alkanes of at least 4 members (excludes halogenated alkanes) is 4. The Bertz CT molecular complexity index is 991. The SMILES string of the molecule is CCCCCCCn1c([C@@H]2CC(=O)N(c3ccccc3C)C2)nc2ccccc21. The summed E-state index contributed by atoms with van der Waals surface area (Å²) in [6.45, 7) is 6.01. The summed E-state index contributed by atoms with van der Waals surface area (Å²) in [6.07, 6.45) is 6.81. The van der Waals surface area contributed by atoms with Crippen molar-refractivity contribution in [3.8, 4) is 0 Å². The molecule has 1 amide bonds. The summed E-state index contributed by atoms with van der Waals surface area (Å²) >= 11 is 0. The summed E-state index contributed by atoms with van der Waals surface area (Å²) in [5.74, 6) is 1.42. The fraction of sp³-hybridized carbons (Fsp3) is 0.440. The largest absolute Gasteiger partial charge is 0.328 e. The monoisotopic (exact) mass is 389 g/mol. The summed E-state index contributed by atoms with van der Waals surface area (Å²) in [6, 6.07) is 16.5. The number of para-hydroxylation sites is 3. The van der Waals surface area contributed by atoms with Crippen LogP contribution in [0.25, 0.3) is 11.0 Å². The van der Waals surface area contributed by atoms with Crippen molar-refractivity contribution in [2.24, 2.45) is 0 Å². The van der Waals surface area contributed by atoms with Crippen LogP contribution in [0.5, 0.6) is 0 Å². The Balaban J connectivity index is 1.59. The van der Waals surface area contributed by atoms with Crippen LogP contribution in [0.2, 0.25) is 0 Å². The second-order valence-electron chi connectivity index (χ2n) is 8.22. The number of fused-ring (bicyclic) bond motifs is 1. The second-order valence-corrected chi connectivity index (χ2v) is 8.22. The number of aromatic nitrogens is 2. The lowest BCUT2D eigenvalue weighted by Crippen LogP contribution is -2.25. The number of rotatable bonds is 8. The molecule has 1 aromatic heterocycles. The molecule has 1 aliphatic heterocycles. The van der Waals surface area contributed by atoms with E-state index >= 15 is 0 Å². The molecule has 1 atom stereocenters. The number of nitrogens with zero attached hydrogens (tertiary/aromatic N) is 3. The van der Waals surface area contributed by atoms with Gasteiger partial charge in [0.05, 0.1) is 11.0 Å². The number of hydrogen-bond acceptors (Lipinski definition) is 2. The lowest BCUT2D eigenvalue weighted by molar-refractivity contribution is -0.117. The first-order chi connectivity index (χ1) is 14.2. The predicted octanol–water partition coefficient (Wildman–Crippen LogP) is 5.84. The zero-order valence-corrected chi connectivity index (χ0v) is 17.6. The first kappa shape index (κ1) is 19.7. The second kappa shape index (κ2) is 8.81. The molecule has 1 saturated heterocycles. The van der Waals surface area contributed by atoms with Crippen molar-refractivity contribution in [1.29, 1.82) is 0 Å². The molecule has 4 nitrogen and oxygen atoms in total. The third-order valence-corrected chi connectivity index (χ3v) is 6.07. The standard InChI is InChI=1S/C25H31N3O/c1-3-4-5-6-11-16-27-23-15-10-8-13-21(23)26-25(27)20-17-24(29)28(18-20)22-14-9-7-12-19(22)2/h7-10,12-15,20H,3-6,11,16-18H2,1-2H3/t20-/m1/s1. The van der Waals surface area contributed by atoms with Gasteiger partial charge in [0.15, 0.2) is 0 Å². The normalized spacial score (nSPS) is 16.8. The average Bonchev–Trinajstić information content (AvgIpc) is 3.29. The van der Waals surface area contributed by atoms with Gasteiger partial charge in [0.1, 0.15) is 5.82 Å². The quantitative estimate of drug-likeness (QED) is 0.454. The smallest absolute Gasteiger partial charge is 0.227 e. The van der Waals surface area contributed by atoms with Crippen molar-refractivity contribution >= 4 is 22.6 Å². The number of carbonyl (C=O) groups excluding carboxylic acids is 1. The van der Waals surface area contributed by atoms with Crippen LogP contribution in [-0.2, 0) is 11.3 Å². The minimum Gasteiger partial charge on any atom is -0.328 e. The van der Waals surface area contributed by atoms with Crippen LogP contribution in [0.1, 0.15) is 62.8 Å². The highest BCUT2D eigenvalue weighted by Gasteiger charge is 2.35. The molecule has 0 N–H and O–H groups in total. The third-order valence-electron chi connectivity index (χ3n) is 6.07. The van der Waals surface area contributed by atoms with E-state index in [2.05, 4.69) is 42.7 Å². The molecule has 4 rings (SSSR count). The number of anilines is 1. The molecule has 1 fully saturated rings. The predicted molar refractivity (Wildman–Crippen MR) is 119 cm³/mol. The average molecular weight is 390 g/mol. The summed E-state index contributed by atoms with van der Waals surface area (Å²) in [5.41, 5.74) is 4.41. The zero-order chi connectivity index (χ0) is 20.2. The van der Waals surface area contributed by atoms with E-state index in [-0.39, 0.29) is 11.8 Å². The third kappa shape index (κ3) is 4.07. The molecular formula is C25H31N3O. The fourth-order valence-electron chi connectivity index (χ4n) is 4.49. The van der Waals surface area contributed by atoms with Crippen LogP contribution in [0.15, 0.2) is 48.5 Å². The Kier molecular flexibility index (Phi) is 5.98. The van der Waals surface area contributed by atoms with Crippen molar-refractivity contribution in [3.63, 3.8) is 0 Å². The van der Waals surface area contributed by atoms with Gasteiger partial charge in [-0.25, -0.2) is 4.98 Å². The maximum atomic E-state index is 12.9. The molecule has 0 radical (unpaired) electrons. The van der Waals surface area contributed by atoms with Crippen molar-refractivity contribution < 1.29 is 4.79 Å². The molecule has 2 heterocycles. The van der Waals surface area contributed by atoms with Gasteiger partial charge in [-0.1, -0.05) is 62.9 Å². The van der Waals surface area contributed by atoms with Gasteiger partial charge in [-0.05, 0) is 37.1 Å². The molecule has 3 aromatic rings. The summed E-state index contributed by atoms with van der Waals surface area (Å²) in [7, 11) is 0. The lowest BCUT2D eigenvalue weighted by atomic mass is 10.1. The highest BCUT2D eigenvalue weighted by molar-refractivity contribution is 5.97. The van der Waals surface area contributed by atoms with Crippen LogP contribution in [0.4, 0.5) is 5.69 Å². The fourth-order valence-corrected chi connectivity index (χ4v) is 4.49. The number of carbonyl (C=O) groups is 1. The first-order valence-corrected chi connectivity index (χ1v) is 11.0. The highest BCUT2D eigenvalue weighted by atomic mass is 16.2. The minimum atomic E-state index is 0.144. The van der Waals surface area contributed by atoms with Gasteiger partial charge >= 0.3 is 0 Å². The Hall–Kier alpha value is -2.62. The van der Waals surface area contributed by atoms with E-state index in [1.807, 2.05) is 29.2 Å². The van der Waals surface area contributed by atoms with Gasteiger partial charge in [0, 0.05) is 31.1 Å². The lowest BCUT2D eigenvalue weighted by Gasteiger charge is -2.19. The van der Waals surface area contributed by atoms with Crippen LogP contribution in [0, 0.1) is 6.92 Å². The Morgan fingerprint density at radius 3 is 2.59 bits per heavy atom. The van der Waals surface area contributed by atoms with Crippen molar-refractivity contribution in [2.75, 3.05) is 11.4 Å². The number of hydrogen-bond donors (Lipinski definition) is 0. The maximum absolute atomic E-state index is 12.9. The van der Waals surface area contributed by atoms with E-state index in [0.29, 0.717) is 13.0 Å². The molecule has 0 bridgehead atoms. The van der Waals surface area contributed by atoms with Gasteiger partial charge in [0.2, 0.25) is 5.91 Å². The molecule has 1 aliphatic rings. The van der Waals surface area contributed by atoms with E-state index < -0.39 is 0 Å². The summed E-state index contributed by atoms with van der Waals surface area (Å²) in [4.78, 5) is 19.8. The first-order valence-electron chi connectivity index (χ1n) is 11.0. The van der Waals surface area contributed by atoms with Gasteiger partial charge < -0.3 is 9.47 Å². The molecule has 0 saturated carbocycles. The van der Waals surface area contributed by atoms with Crippen LogP contribution in [-0.4, -0.2) is 22.0 Å². The van der Waals surface area contributed by atoms with Gasteiger partial charge in [-0.2, -0.15) is 0 Å². The number of aryl methyl sites for hydroxylation is 2.